The highest BCUT2D eigenvalue weighted by atomic mass is 16.5. The molecule has 0 saturated heterocycles. The molecule has 0 amide bonds. The molecule has 3 heteroatoms. The third-order valence-corrected chi connectivity index (χ3v) is 3.19. The van der Waals surface area contributed by atoms with Crippen LogP contribution in [0.2, 0.25) is 0 Å². The molecule has 0 N–H and O–H groups in total. The molecule has 86 valence electrons. The first-order chi connectivity index (χ1) is 7.74. The van der Waals surface area contributed by atoms with Gasteiger partial charge >= 0.3 is 5.97 Å². The minimum atomic E-state index is -0.131. The summed E-state index contributed by atoms with van der Waals surface area (Å²) in [6.07, 6.45) is 2.53. The van der Waals surface area contributed by atoms with Crippen LogP contribution >= 0.6 is 0 Å². The molecule has 0 spiro atoms. The Bertz CT molecular complexity index is 398. The van der Waals surface area contributed by atoms with Crippen molar-refractivity contribution in [3.8, 4) is 5.75 Å². The molecule has 0 saturated carbocycles. The van der Waals surface area contributed by atoms with Crippen molar-refractivity contribution in [2.45, 2.75) is 25.2 Å². The first-order valence-electron chi connectivity index (χ1n) is 5.48. The quantitative estimate of drug-likeness (QED) is 0.733. The summed E-state index contributed by atoms with van der Waals surface area (Å²) in [5, 5.41) is 0. The highest BCUT2D eigenvalue weighted by molar-refractivity contribution is 5.70. The van der Waals surface area contributed by atoms with E-state index in [0.717, 1.165) is 18.6 Å². The van der Waals surface area contributed by atoms with Crippen molar-refractivity contribution in [3.05, 3.63) is 29.3 Å². The summed E-state index contributed by atoms with van der Waals surface area (Å²) in [4.78, 5) is 11.3. The lowest BCUT2D eigenvalue weighted by Crippen LogP contribution is -2.06. The Kier molecular flexibility index (Phi) is 3.13. The smallest absolute Gasteiger partial charge is 0.306 e. The molecule has 1 atom stereocenters. The fraction of sp³-hybridized carbons (Fsp3) is 0.462. The van der Waals surface area contributed by atoms with Crippen molar-refractivity contribution in [1.82, 2.24) is 0 Å². The second-order valence-electron chi connectivity index (χ2n) is 4.08. The van der Waals surface area contributed by atoms with Gasteiger partial charge in [-0.25, -0.2) is 0 Å². The van der Waals surface area contributed by atoms with Gasteiger partial charge < -0.3 is 9.47 Å². The molecule has 0 aromatic heterocycles. The molecule has 1 aromatic carbocycles. The van der Waals surface area contributed by atoms with Crippen molar-refractivity contribution in [2.24, 2.45) is 0 Å². The summed E-state index contributed by atoms with van der Waals surface area (Å²) < 4.78 is 9.89. The summed E-state index contributed by atoms with van der Waals surface area (Å²) in [6.45, 7) is 0. The molecule has 1 aliphatic carbocycles. The molecule has 1 aromatic rings. The van der Waals surface area contributed by atoms with Crippen molar-refractivity contribution in [1.29, 1.82) is 0 Å². The lowest BCUT2D eigenvalue weighted by Gasteiger charge is -2.10. The number of benzene rings is 1. The lowest BCUT2D eigenvalue weighted by molar-refractivity contribution is -0.141. The molecule has 0 heterocycles. The average molecular weight is 220 g/mol. The number of hydrogen-bond donors (Lipinski definition) is 0. The van der Waals surface area contributed by atoms with Crippen molar-refractivity contribution < 1.29 is 14.3 Å². The van der Waals surface area contributed by atoms with Gasteiger partial charge in [-0.2, -0.15) is 0 Å². The molecule has 3 nitrogen and oxygen atoms in total. The first-order valence-corrected chi connectivity index (χ1v) is 5.48. The third-order valence-electron chi connectivity index (χ3n) is 3.19. The number of ether oxygens (including phenoxy) is 2. The first kappa shape index (κ1) is 11.0. The van der Waals surface area contributed by atoms with Gasteiger partial charge in [0, 0.05) is 0 Å². The Morgan fingerprint density at radius 3 is 2.94 bits per heavy atom. The summed E-state index contributed by atoms with van der Waals surface area (Å²) in [7, 11) is 3.11. The molecule has 0 bridgehead atoms. The Morgan fingerprint density at radius 2 is 2.25 bits per heavy atom. The fourth-order valence-corrected chi connectivity index (χ4v) is 2.31. The molecule has 0 unspecified atom stereocenters. The van der Waals surface area contributed by atoms with Gasteiger partial charge in [-0.3, -0.25) is 4.79 Å². The zero-order valence-corrected chi connectivity index (χ0v) is 9.66. The lowest BCUT2D eigenvalue weighted by atomic mass is 9.98. The maximum atomic E-state index is 11.3. The predicted molar refractivity (Wildman–Crippen MR) is 60.7 cm³/mol. The van der Waals surface area contributed by atoms with Gasteiger partial charge in [0.05, 0.1) is 20.6 Å². The van der Waals surface area contributed by atoms with E-state index >= 15 is 0 Å². The summed E-state index contributed by atoms with van der Waals surface area (Å²) in [5.41, 5.74) is 2.57. The van der Waals surface area contributed by atoms with E-state index in [1.54, 1.807) is 7.11 Å². The highest BCUT2D eigenvalue weighted by Gasteiger charge is 2.25. The minimum Gasteiger partial charge on any atom is -0.497 e. The van der Waals surface area contributed by atoms with Crippen molar-refractivity contribution in [3.63, 3.8) is 0 Å². The number of rotatable bonds is 3. The average Bonchev–Trinajstić information content (AvgIpc) is 2.71. The second-order valence-corrected chi connectivity index (χ2v) is 4.08. The van der Waals surface area contributed by atoms with Gasteiger partial charge in [0.2, 0.25) is 0 Å². The second kappa shape index (κ2) is 4.56. The number of aryl methyl sites for hydroxylation is 1. The van der Waals surface area contributed by atoms with Crippen LogP contribution in [0.4, 0.5) is 0 Å². The Hall–Kier alpha value is -1.51. The van der Waals surface area contributed by atoms with Gasteiger partial charge in [-0.15, -0.1) is 0 Å². The monoisotopic (exact) mass is 220 g/mol. The number of fused-ring (bicyclic) bond motifs is 1. The number of esters is 1. The van der Waals surface area contributed by atoms with Crippen LogP contribution in [0.15, 0.2) is 18.2 Å². The highest BCUT2D eigenvalue weighted by Crippen LogP contribution is 2.37. The van der Waals surface area contributed by atoms with Crippen molar-refractivity contribution >= 4 is 5.97 Å². The molecule has 2 rings (SSSR count). The Morgan fingerprint density at radius 1 is 1.44 bits per heavy atom. The van der Waals surface area contributed by atoms with Gasteiger partial charge in [-0.05, 0) is 42.0 Å². The topological polar surface area (TPSA) is 35.5 Å². The summed E-state index contributed by atoms with van der Waals surface area (Å²) in [5.74, 6) is 1.07. The van der Waals surface area contributed by atoms with Crippen LogP contribution < -0.4 is 4.74 Å². The molecular weight excluding hydrogens is 204 g/mol. The van der Waals surface area contributed by atoms with Crippen LogP contribution in [-0.2, 0) is 16.0 Å². The maximum Gasteiger partial charge on any atom is 0.306 e. The molecule has 1 aliphatic rings. The summed E-state index contributed by atoms with van der Waals surface area (Å²) in [6, 6.07) is 6.08. The number of hydrogen-bond acceptors (Lipinski definition) is 3. The van der Waals surface area contributed by atoms with Gasteiger partial charge in [0.1, 0.15) is 5.75 Å². The van der Waals surface area contributed by atoms with Gasteiger partial charge in [0.15, 0.2) is 0 Å². The third kappa shape index (κ3) is 2.03. The van der Waals surface area contributed by atoms with Crippen LogP contribution in [0.25, 0.3) is 0 Å². The number of carbonyl (C=O) groups excluding carboxylic acids is 1. The fourth-order valence-electron chi connectivity index (χ4n) is 2.31. The largest absolute Gasteiger partial charge is 0.497 e. The van der Waals surface area contributed by atoms with E-state index < -0.39 is 0 Å². The van der Waals surface area contributed by atoms with Crippen LogP contribution in [-0.4, -0.2) is 20.2 Å². The standard InChI is InChI=1S/C13H16O3/c1-15-11-5-6-12-9(7-11)3-4-10(12)8-13(14)16-2/h5-7,10H,3-4,8H2,1-2H3/t10-/m1/s1. The molecule has 0 radical (unpaired) electrons. The van der Waals surface area contributed by atoms with E-state index in [2.05, 4.69) is 12.1 Å². The zero-order chi connectivity index (χ0) is 11.5. The Labute approximate surface area is 95.4 Å². The van der Waals surface area contributed by atoms with Gasteiger partial charge in [-0.1, -0.05) is 6.07 Å². The molecule has 0 fully saturated rings. The van der Waals surface area contributed by atoms with E-state index in [4.69, 9.17) is 9.47 Å². The minimum absolute atomic E-state index is 0.131. The van der Waals surface area contributed by atoms with E-state index in [0.29, 0.717) is 12.3 Å². The predicted octanol–water partition coefficient (Wildman–Crippen LogP) is 2.29. The maximum absolute atomic E-state index is 11.3. The van der Waals surface area contributed by atoms with Crippen LogP contribution in [0.5, 0.6) is 5.75 Å². The van der Waals surface area contributed by atoms with Crippen LogP contribution in [0, 0.1) is 0 Å². The van der Waals surface area contributed by atoms with Gasteiger partial charge in [0.25, 0.3) is 0 Å². The molecule has 16 heavy (non-hydrogen) atoms. The van der Waals surface area contributed by atoms with Crippen LogP contribution in [0.3, 0.4) is 0 Å². The van der Waals surface area contributed by atoms with E-state index in [-0.39, 0.29) is 5.97 Å². The SMILES string of the molecule is COC(=O)C[C@H]1CCc2cc(OC)ccc21. The zero-order valence-electron chi connectivity index (χ0n) is 9.66. The normalized spacial score (nSPS) is 18.0. The van der Waals surface area contributed by atoms with Crippen molar-refractivity contribution in [2.75, 3.05) is 14.2 Å². The van der Waals surface area contributed by atoms with E-state index in [1.165, 1.54) is 18.2 Å². The van der Waals surface area contributed by atoms with Crippen LogP contribution in [0.1, 0.15) is 29.9 Å². The molecular formula is C13H16O3. The number of methoxy groups -OCH3 is 2. The molecule has 0 aliphatic heterocycles. The number of carbonyl (C=O) groups is 1. The van der Waals surface area contributed by atoms with E-state index in [9.17, 15) is 4.79 Å². The Balaban J connectivity index is 2.17. The van der Waals surface area contributed by atoms with E-state index in [1.807, 2.05) is 6.07 Å². The summed E-state index contributed by atoms with van der Waals surface area (Å²) >= 11 is 0.